The molecule has 1 aliphatic rings. The molecule has 0 aromatic heterocycles. The van der Waals surface area contributed by atoms with Crippen molar-refractivity contribution in [3.63, 3.8) is 0 Å². The minimum Gasteiger partial charge on any atom is -0.273 e. The molecule has 0 saturated carbocycles. The molecule has 2 aromatic rings. The van der Waals surface area contributed by atoms with Gasteiger partial charge in [-0.15, -0.1) is 0 Å². The Morgan fingerprint density at radius 2 is 1.88 bits per heavy atom. The van der Waals surface area contributed by atoms with Crippen LogP contribution in [0.25, 0.3) is 10.8 Å². The molecule has 1 fully saturated rings. The number of benzene rings is 2. The van der Waals surface area contributed by atoms with Gasteiger partial charge in [0.05, 0.1) is 0 Å². The molecule has 0 bridgehead atoms. The summed E-state index contributed by atoms with van der Waals surface area (Å²) in [6, 6.07) is 14.4. The van der Waals surface area contributed by atoms with E-state index in [4.69, 9.17) is 0 Å². The van der Waals surface area contributed by atoms with Crippen LogP contribution in [0, 0.1) is 5.41 Å². The number of fused-ring (bicyclic) bond motifs is 1. The van der Waals surface area contributed by atoms with Crippen LogP contribution in [-0.4, -0.2) is 27.9 Å². The number of hydrogen-bond acceptors (Lipinski definition) is 3. The van der Waals surface area contributed by atoms with E-state index in [1.54, 1.807) is 0 Å². The van der Waals surface area contributed by atoms with Crippen LogP contribution in [0.2, 0.25) is 0 Å². The van der Waals surface area contributed by atoms with E-state index in [-0.39, 0.29) is 23.3 Å². The second-order valence-corrected chi connectivity index (χ2v) is 7.61. The van der Waals surface area contributed by atoms with Crippen LogP contribution in [0.1, 0.15) is 32.8 Å². The monoisotopic (exact) mass is 336 g/mol. The van der Waals surface area contributed by atoms with E-state index in [9.17, 15) is 9.59 Å². The van der Waals surface area contributed by atoms with Crippen LogP contribution in [0.4, 0.5) is 0 Å². The number of imide groups is 1. The number of nitrogens with zero attached hydrogens (tertiary/aromatic N) is 2. The van der Waals surface area contributed by atoms with E-state index in [1.165, 1.54) is 16.5 Å². The second-order valence-electron chi connectivity index (χ2n) is 7.61. The first-order chi connectivity index (χ1) is 11.8. The van der Waals surface area contributed by atoms with Gasteiger partial charge in [-0.2, -0.15) is 0 Å². The molecule has 1 heterocycles. The Bertz CT molecular complexity index is 835. The summed E-state index contributed by atoms with van der Waals surface area (Å²) in [4.78, 5) is 24.7. The van der Waals surface area contributed by atoms with Crippen LogP contribution in [0.3, 0.4) is 0 Å². The molecule has 0 aliphatic carbocycles. The molecule has 1 unspecified atom stereocenters. The Hall–Kier alpha value is -2.46. The molecule has 0 N–H and O–H groups in total. The zero-order chi connectivity index (χ0) is 18.2. The number of hydrazine groups is 1. The molecule has 1 saturated heterocycles. The molecule has 0 spiro atoms. The summed E-state index contributed by atoms with van der Waals surface area (Å²) >= 11 is 0. The van der Waals surface area contributed by atoms with Crippen molar-refractivity contribution in [3.8, 4) is 0 Å². The van der Waals surface area contributed by atoms with Gasteiger partial charge in [0.25, 0.3) is 5.91 Å². The maximum Gasteiger partial charge on any atom is 0.267 e. The standard InChI is InChI=1S/C21H24N2O2/c1-5-19(24)23-20(25)13-18(21(2,3)4)22(23)14-15-10-11-16-8-6-7-9-17(16)12-15/h5-12,18H,1,13-14H2,2-4H3. The number of carbonyl (C=O) groups excluding carboxylic acids is 2. The summed E-state index contributed by atoms with van der Waals surface area (Å²) in [6.07, 6.45) is 1.55. The van der Waals surface area contributed by atoms with Crippen molar-refractivity contribution in [2.75, 3.05) is 0 Å². The lowest BCUT2D eigenvalue weighted by Gasteiger charge is -2.37. The average molecular weight is 336 g/mol. The summed E-state index contributed by atoms with van der Waals surface area (Å²) in [7, 11) is 0. The van der Waals surface area contributed by atoms with Gasteiger partial charge in [0.2, 0.25) is 5.91 Å². The third-order valence-electron chi connectivity index (χ3n) is 4.76. The van der Waals surface area contributed by atoms with Crippen LogP contribution >= 0.6 is 0 Å². The Morgan fingerprint density at radius 1 is 1.20 bits per heavy atom. The van der Waals surface area contributed by atoms with Crippen LogP contribution in [0.5, 0.6) is 0 Å². The Morgan fingerprint density at radius 3 is 2.52 bits per heavy atom. The van der Waals surface area contributed by atoms with Crippen molar-refractivity contribution in [2.24, 2.45) is 5.41 Å². The Labute approximate surface area is 148 Å². The zero-order valence-electron chi connectivity index (χ0n) is 15.0. The van der Waals surface area contributed by atoms with E-state index in [2.05, 4.69) is 57.7 Å². The predicted molar refractivity (Wildman–Crippen MR) is 99.4 cm³/mol. The summed E-state index contributed by atoms with van der Waals surface area (Å²) in [5.41, 5.74) is 0.951. The molecule has 2 amide bonds. The summed E-state index contributed by atoms with van der Waals surface area (Å²) in [5, 5.41) is 5.49. The van der Waals surface area contributed by atoms with Gasteiger partial charge >= 0.3 is 0 Å². The molecule has 0 radical (unpaired) electrons. The highest BCUT2D eigenvalue weighted by atomic mass is 16.2. The SMILES string of the molecule is C=CC(=O)N1C(=O)CC(C(C)(C)C)N1Cc1ccc2ccccc2c1. The van der Waals surface area contributed by atoms with Crippen LogP contribution in [0.15, 0.2) is 55.1 Å². The highest BCUT2D eigenvalue weighted by molar-refractivity contribution is 6.01. The van der Waals surface area contributed by atoms with E-state index in [0.29, 0.717) is 13.0 Å². The van der Waals surface area contributed by atoms with Gasteiger partial charge in [0, 0.05) is 19.0 Å². The van der Waals surface area contributed by atoms with Gasteiger partial charge in [-0.05, 0) is 33.9 Å². The molecule has 3 rings (SSSR count). The van der Waals surface area contributed by atoms with Crippen LogP contribution < -0.4 is 0 Å². The molecule has 25 heavy (non-hydrogen) atoms. The maximum atomic E-state index is 12.5. The minimum absolute atomic E-state index is 0.0321. The van der Waals surface area contributed by atoms with Gasteiger partial charge in [-0.3, -0.25) is 9.59 Å². The summed E-state index contributed by atoms with van der Waals surface area (Å²) in [6.45, 7) is 10.3. The Balaban J connectivity index is 1.97. The largest absolute Gasteiger partial charge is 0.273 e. The summed E-state index contributed by atoms with van der Waals surface area (Å²) in [5.74, 6) is -0.525. The predicted octanol–water partition coefficient (Wildman–Crippen LogP) is 3.92. The number of rotatable bonds is 3. The van der Waals surface area contributed by atoms with Gasteiger partial charge in [-0.1, -0.05) is 63.7 Å². The van der Waals surface area contributed by atoms with E-state index >= 15 is 0 Å². The lowest BCUT2D eigenvalue weighted by Crippen LogP contribution is -2.48. The minimum atomic E-state index is -0.363. The van der Waals surface area contributed by atoms with Crippen molar-refractivity contribution >= 4 is 22.6 Å². The topological polar surface area (TPSA) is 40.6 Å². The highest BCUT2D eigenvalue weighted by Gasteiger charge is 2.45. The quantitative estimate of drug-likeness (QED) is 0.798. The molecular formula is C21H24N2O2. The molecule has 4 heteroatoms. The fourth-order valence-corrected chi connectivity index (χ4v) is 3.43. The second kappa shape index (κ2) is 6.45. The maximum absolute atomic E-state index is 12.5. The molecule has 1 atom stereocenters. The lowest BCUT2D eigenvalue weighted by molar-refractivity contribution is -0.156. The number of hydrogen-bond donors (Lipinski definition) is 0. The first-order valence-electron chi connectivity index (χ1n) is 8.55. The van der Waals surface area contributed by atoms with E-state index in [0.717, 1.165) is 10.9 Å². The number of carbonyl (C=O) groups is 2. The van der Waals surface area contributed by atoms with E-state index in [1.807, 2.05) is 17.1 Å². The third kappa shape index (κ3) is 3.35. The Kier molecular flexibility index (Phi) is 4.48. The number of amides is 2. The van der Waals surface area contributed by atoms with Crippen LogP contribution in [-0.2, 0) is 16.1 Å². The zero-order valence-corrected chi connectivity index (χ0v) is 15.0. The van der Waals surface area contributed by atoms with Gasteiger partial charge in [-0.25, -0.2) is 10.0 Å². The van der Waals surface area contributed by atoms with Crippen molar-refractivity contribution in [2.45, 2.75) is 39.8 Å². The van der Waals surface area contributed by atoms with Gasteiger partial charge in [0.15, 0.2) is 0 Å². The molecule has 130 valence electrons. The fourth-order valence-electron chi connectivity index (χ4n) is 3.43. The van der Waals surface area contributed by atoms with Crippen molar-refractivity contribution in [3.05, 3.63) is 60.7 Å². The van der Waals surface area contributed by atoms with Crippen molar-refractivity contribution in [1.82, 2.24) is 10.0 Å². The first kappa shape index (κ1) is 17.4. The first-order valence-corrected chi connectivity index (χ1v) is 8.55. The normalized spacial score (nSPS) is 18.8. The molecule has 2 aromatic carbocycles. The smallest absolute Gasteiger partial charge is 0.267 e. The van der Waals surface area contributed by atoms with Crippen molar-refractivity contribution in [1.29, 1.82) is 0 Å². The third-order valence-corrected chi connectivity index (χ3v) is 4.76. The van der Waals surface area contributed by atoms with Gasteiger partial charge in [0.1, 0.15) is 0 Å². The highest BCUT2D eigenvalue weighted by Crippen LogP contribution is 2.35. The summed E-state index contributed by atoms with van der Waals surface area (Å²) < 4.78 is 0. The average Bonchev–Trinajstić information content (AvgIpc) is 2.90. The fraction of sp³-hybridized carbons (Fsp3) is 0.333. The molecular weight excluding hydrogens is 312 g/mol. The van der Waals surface area contributed by atoms with Crippen molar-refractivity contribution < 1.29 is 9.59 Å². The lowest BCUT2D eigenvalue weighted by atomic mass is 9.85. The van der Waals surface area contributed by atoms with Gasteiger partial charge < -0.3 is 0 Å². The molecule has 1 aliphatic heterocycles. The molecule has 4 nitrogen and oxygen atoms in total. The van der Waals surface area contributed by atoms with E-state index < -0.39 is 0 Å².